The Bertz CT molecular complexity index is 254. The summed E-state index contributed by atoms with van der Waals surface area (Å²) in [4.78, 5) is 21.0. The Morgan fingerprint density at radius 3 is 2.38 bits per heavy atom. The quantitative estimate of drug-likeness (QED) is 0.248. The summed E-state index contributed by atoms with van der Waals surface area (Å²) < 4.78 is 4.79. The van der Waals surface area contributed by atoms with E-state index in [-0.39, 0.29) is 5.12 Å². The fraction of sp³-hybridized carbons (Fsp3) is 0.333. The van der Waals surface area contributed by atoms with Crippen molar-refractivity contribution in [2.75, 3.05) is 0 Å². The highest BCUT2D eigenvalue weighted by Gasteiger charge is 1.97. The van der Waals surface area contributed by atoms with Crippen molar-refractivity contribution in [2.24, 2.45) is 0 Å². The minimum atomic E-state index is -0.407. The summed E-state index contributed by atoms with van der Waals surface area (Å²) in [5.41, 5.74) is 0. The molecule has 0 aliphatic heterocycles. The van der Waals surface area contributed by atoms with Gasteiger partial charge in [-0.3, -0.25) is 9.59 Å². The van der Waals surface area contributed by atoms with Gasteiger partial charge in [0.05, 0.1) is 0 Å². The Balaban J connectivity index is 4.35. The highest BCUT2D eigenvalue weighted by Crippen LogP contribution is 2.02. The van der Waals surface area contributed by atoms with Gasteiger partial charge in [0.15, 0.2) is 0 Å². The molecule has 0 aromatic carbocycles. The van der Waals surface area contributed by atoms with Crippen LogP contribution in [0.15, 0.2) is 24.0 Å². The predicted molar refractivity (Wildman–Crippen MR) is 53.3 cm³/mol. The zero-order valence-electron chi connectivity index (χ0n) is 7.61. The Labute approximate surface area is 82.9 Å². The van der Waals surface area contributed by atoms with Gasteiger partial charge >= 0.3 is 5.97 Å². The van der Waals surface area contributed by atoms with Crippen molar-refractivity contribution in [3.8, 4) is 0 Å². The second-order valence-corrected chi connectivity index (χ2v) is 2.72. The third-order valence-corrected chi connectivity index (χ3v) is 1.21. The molecule has 72 valence electrons. The smallest absolute Gasteiger partial charge is 0.308 e. The number of rotatable bonds is 4. The van der Waals surface area contributed by atoms with Crippen LogP contribution in [0.25, 0.3) is 0 Å². The fourth-order valence-corrected chi connectivity index (χ4v) is 0.739. The minimum absolute atomic E-state index is 0.373. The van der Waals surface area contributed by atoms with Gasteiger partial charge in [-0.15, -0.1) is 12.6 Å². The van der Waals surface area contributed by atoms with E-state index in [2.05, 4.69) is 12.6 Å². The van der Waals surface area contributed by atoms with Gasteiger partial charge in [0.25, 0.3) is 0 Å². The Hall–Kier alpha value is -1.03. The summed E-state index contributed by atoms with van der Waals surface area (Å²) in [7, 11) is 0. The first-order chi connectivity index (χ1) is 6.06. The molecule has 0 atom stereocenters. The summed E-state index contributed by atoms with van der Waals surface area (Å²) in [6, 6.07) is 0. The Morgan fingerprint density at radius 2 is 2.00 bits per heavy atom. The molecular weight excluding hydrogens is 188 g/mol. The molecule has 0 amide bonds. The van der Waals surface area contributed by atoms with Crippen molar-refractivity contribution in [1.29, 1.82) is 0 Å². The molecule has 0 unspecified atom stereocenters. The molecular formula is C9H12O3S. The van der Waals surface area contributed by atoms with Crippen molar-refractivity contribution >= 4 is 23.7 Å². The van der Waals surface area contributed by atoms with Gasteiger partial charge in [-0.05, 0) is 24.6 Å². The molecule has 0 radical (unpaired) electrons. The summed E-state index contributed by atoms with van der Waals surface area (Å²) in [5.74, 6) is -0.0339. The van der Waals surface area contributed by atoms with E-state index in [4.69, 9.17) is 4.74 Å². The number of hydrogen-bond donors (Lipinski definition) is 1. The zero-order chi connectivity index (χ0) is 10.3. The molecule has 0 aromatic heterocycles. The van der Waals surface area contributed by atoms with Crippen LogP contribution in [0.5, 0.6) is 0 Å². The van der Waals surface area contributed by atoms with Crippen LogP contribution in [-0.2, 0) is 14.3 Å². The molecule has 0 N–H and O–H groups in total. The molecule has 0 saturated heterocycles. The van der Waals surface area contributed by atoms with E-state index < -0.39 is 5.97 Å². The van der Waals surface area contributed by atoms with Crippen molar-refractivity contribution in [3.05, 3.63) is 24.0 Å². The number of carbonyl (C=O) groups excluding carboxylic acids is 2. The van der Waals surface area contributed by atoms with Crippen molar-refractivity contribution in [1.82, 2.24) is 0 Å². The van der Waals surface area contributed by atoms with E-state index in [0.29, 0.717) is 5.76 Å². The third kappa shape index (κ3) is 7.33. The molecule has 0 bridgehead atoms. The molecule has 0 aliphatic carbocycles. The standard InChI is InChI=1S/C9H12O3S/c1-3-4-8(12-7(2)10)5-6-9(11)13/h4-6H,3H2,1-2H3,(H,11,13). The highest BCUT2D eigenvalue weighted by atomic mass is 32.1. The van der Waals surface area contributed by atoms with Crippen molar-refractivity contribution in [3.63, 3.8) is 0 Å². The van der Waals surface area contributed by atoms with Gasteiger partial charge in [0.2, 0.25) is 5.12 Å². The van der Waals surface area contributed by atoms with E-state index in [1.165, 1.54) is 19.1 Å². The molecule has 0 rings (SSSR count). The van der Waals surface area contributed by atoms with Crippen LogP contribution in [0.2, 0.25) is 0 Å². The first-order valence-corrected chi connectivity index (χ1v) is 4.30. The van der Waals surface area contributed by atoms with Gasteiger partial charge in [-0.1, -0.05) is 6.92 Å². The van der Waals surface area contributed by atoms with E-state index in [1.807, 2.05) is 6.92 Å². The predicted octanol–water partition coefficient (Wildman–Crippen LogP) is 1.86. The van der Waals surface area contributed by atoms with Crippen molar-refractivity contribution in [2.45, 2.75) is 20.3 Å². The van der Waals surface area contributed by atoms with E-state index in [9.17, 15) is 9.59 Å². The third-order valence-electron chi connectivity index (χ3n) is 1.06. The maximum absolute atomic E-state index is 10.6. The van der Waals surface area contributed by atoms with E-state index in [1.54, 1.807) is 6.08 Å². The lowest BCUT2D eigenvalue weighted by molar-refractivity contribution is -0.136. The van der Waals surface area contributed by atoms with Crippen LogP contribution in [0.1, 0.15) is 20.3 Å². The summed E-state index contributed by atoms with van der Waals surface area (Å²) in [6.45, 7) is 3.21. The van der Waals surface area contributed by atoms with Gasteiger partial charge in [0, 0.05) is 6.92 Å². The van der Waals surface area contributed by atoms with E-state index in [0.717, 1.165) is 6.42 Å². The maximum Gasteiger partial charge on any atom is 0.308 e. The molecule has 0 aliphatic rings. The molecule has 0 fully saturated rings. The number of thiol groups is 1. The number of carbonyl (C=O) groups is 2. The second-order valence-electron chi connectivity index (χ2n) is 2.28. The molecule has 0 saturated carbocycles. The van der Waals surface area contributed by atoms with Gasteiger partial charge < -0.3 is 4.74 Å². The summed E-state index contributed by atoms with van der Waals surface area (Å²) in [5, 5.41) is -0.380. The number of allylic oxidation sites excluding steroid dienone is 2. The van der Waals surface area contributed by atoms with Crippen LogP contribution < -0.4 is 0 Å². The van der Waals surface area contributed by atoms with Crippen LogP contribution in [0.4, 0.5) is 0 Å². The molecule has 13 heavy (non-hydrogen) atoms. The lowest BCUT2D eigenvalue weighted by Gasteiger charge is -1.99. The normalized spacial score (nSPS) is 11.8. The Morgan fingerprint density at radius 1 is 1.38 bits per heavy atom. The van der Waals surface area contributed by atoms with E-state index >= 15 is 0 Å². The number of hydrogen-bond acceptors (Lipinski definition) is 3. The lowest BCUT2D eigenvalue weighted by atomic mass is 10.3. The minimum Gasteiger partial charge on any atom is -0.427 e. The van der Waals surface area contributed by atoms with Gasteiger partial charge in [-0.2, -0.15) is 0 Å². The first kappa shape index (κ1) is 12.0. The monoisotopic (exact) mass is 200 g/mol. The van der Waals surface area contributed by atoms with Crippen molar-refractivity contribution < 1.29 is 14.3 Å². The largest absolute Gasteiger partial charge is 0.427 e. The van der Waals surface area contributed by atoms with Gasteiger partial charge in [0.1, 0.15) is 5.76 Å². The summed E-state index contributed by atoms with van der Waals surface area (Å²) >= 11 is 3.54. The summed E-state index contributed by atoms with van der Waals surface area (Å²) in [6.07, 6.45) is 5.08. The van der Waals surface area contributed by atoms with Crippen LogP contribution >= 0.6 is 12.6 Å². The first-order valence-electron chi connectivity index (χ1n) is 3.85. The molecule has 0 aromatic rings. The van der Waals surface area contributed by atoms with Crippen LogP contribution in [0.3, 0.4) is 0 Å². The molecule has 0 heterocycles. The average Bonchev–Trinajstić information content (AvgIpc) is 1.99. The Kier molecular flexibility index (Phi) is 5.97. The number of esters is 1. The maximum atomic E-state index is 10.6. The van der Waals surface area contributed by atoms with Gasteiger partial charge in [-0.25, -0.2) is 0 Å². The molecule has 0 spiro atoms. The van der Waals surface area contributed by atoms with Crippen LogP contribution in [0, 0.1) is 0 Å². The zero-order valence-corrected chi connectivity index (χ0v) is 8.51. The SMILES string of the molecule is CCC=C(C=CC(=O)S)OC(C)=O. The topological polar surface area (TPSA) is 43.4 Å². The lowest BCUT2D eigenvalue weighted by Crippen LogP contribution is -1.97. The fourth-order valence-electron chi connectivity index (χ4n) is 0.664. The highest BCUT2D eigenvalue weighted by molar-refractivity contribution is 7.97. The average molecular weight is 200 g/mol. The molecule has 3 nitrogen and oxygen atoms in total. The second kappa shape index (κ2) is 6.48. The van der Waals surface area contributed by atoms with Crippen LogP contribution in [-0.4, -0.2) is 11.1 Å². The number of ether oxygens (including phenoxy) is 1. The molecule has 4 heteroatoms.